The van der Waals surface area contributed by atoms with Crippen LogP contribution in [-0.2, 0) is 7.05 Å². The molecule has 0 bridgehead atoms. The lowest BCUT2D eigenvalue weighted by Crippen LogP contribution is -2.49. The quantitative estimate of drug-likeness (QED) is 0.582. The molecule has 0 unspecified atom stereocenters. The molecule has 0 aliphatic carbocycles. The fourth-order valence-corrected chi connectivity index (χ4v) is 5.09. The molecular weight excluding hydrogens is 436 g/mol. The summed E-state index contributed by atoms with van der Waals surface area (Å²) in [6, 6.07) is 8.03. The van der Waals surface area contributed by atoms with Gasteiger partial charge in [-0.3, -0.25) is 9.48 Å². The van der Waals surface area contributed by atoms with Gasteiger partial charge in [-0.1, -0.05) is 6.07 Å². The Morgan fingerprint density at radius 3 is 2.15 bits per heavy atom. The molecule has 10 heteroatoms. The van der Waals surface area contributed by atoms with Gasteiger partial charge in [0.1, 0.15) is 28.8 Å². The van der Waals surface area contributed by atoms with Gasteiger partial charge in [-0.25, -0.2) is 9.97 Å². The Hall–Kier alpha value is -2.98. The summed E-state index contributed by atoms with van der Waals surface area (Å²) in [5.41, 5.74) is 1.48. The van der Waals surface area contributed by atoms with Crippen molar-refractivity contribution >= 4 is 28.9 Å². The Balaban J connectivity index is 1.25. The maximum absolute atomic E-state index is 13.2. The second-order valence-electron chi connectivity index (χ2n) is 8.72. The number of hydrogen-bond donors (Lipinski definition) is 0. The van der Waals surface area contributed by atoms with E-state index in [0.29, 0.717) is 18.8 Å². The average molecular weight is 467 g/mol. The first-order chi connectivity index (χ1) is 16.0. The van der Waals surface area contributed by atoms with Crippen LogP contribution in [-0.4, -0.2) is 94.9 Å². The summed E-state index contributed by atoms with van der Waals surface area (Å²) in [5, 5.41) is 6.57. The smallest absolute Gasteiger partial charge is 0.272 e. The van der Waals surface area contributed by atoms with E-state index in [0.717, 1.165) is 67.3 Å². The van der Waals surface area contributed by atoms with Gasteiger partial charge in [0.25, 0.3) is 5.91 Å². The predicted molar refractivity (Wildman–Crippen MR) is 131 cm³/mol. The summed E-state index contributed by atoms with van der Waals surface area (Å²) < 4.78 is 1.69. The number of carbonyl (C=O) groups excluding carboxylic acids is 1. The number of aryl methyl sites for hydroxylation is 2. The highest BCUT2D eigenvalue weighted by molar-refractivity contribution is 7.13. The highest BCUT2D eigenvalue weighted by atomic mass is 32.1. The van der Waals surface area contributed by atoms with E-state index in [9.17, 15) is 4.79 Å². The first kappa shape index (κ1) is 21.8. The van der Waals surface area contributed by atoms with Gasteiger partial charge in [0.15, 0.2) is 0 Å². The van der Waals surface area contributed by atoms with Crippen molar-refractivity contribution in [3.63, 3.8) is 0 Å². The molecule has 0 spiro atoms. The van der Waals surface area contributed by atoms with Crippen molar-refractivity contribution in [1.29, 1.82) is 0 Å². The van der Waals surface area contributed by atoms with Crippen LogP contribution in [0.5, 0.6) is 0 Å². The molecule has 2 aliphatic heterocycles. The number of rotatable bonds is 4. The first-order valence-electron chi connectivity index (χ1n) is 11.4. The minimum absolute atomic E-state index is 0.0319. The first-order valence-corrected chi connectivity index (χ1v) is 12.3. The topological polar surface area (TPSA) is 73.6 Å². The Kier molecular flexibility index (Phi) is 6.03. The zero-order valence-electron chi connectivity index (χ0n) is 19.4. The van der Waals surface area contributed by atoms with E-state index in [1.807, 2.05) is 42.5 Å². The summed E-state index contributed by atoms with van der Waals surface area (Å²) in [5.74, 6) is 2.77. The predicted octanol–water partition coefficient (Wildman–Crippen LogP) is 1.96. The zero-order valence-corrected chi connectivity index (χ0v) is 20.3. The molecule has 33 heavy (non-hydrogen) atoms. The monoisotopic (exact) mass is 466 g/mol. The van der Waals surface area contributed by atoms with Crippen molar-refractivity contribution in [3.05, 3.63) is 41.2 Å². The van der Waals surface area contributed by atoms with Gasteiger partial charge >= 0.3 is 0 Å². The lowest BCUT2D eigenvalue weighted by molar-refractivity contribution is 0.0735. The van der Waals surface area contributed by atoms with Crippen LogP contribution in [0.4, 0.5) is 11.6 Å². The third-order valence-electron chi connectivity index (χ3n) is 6.40. The molecule has 1 amide bonds. The van der Waals surface area contributed by atoms with Crippen molar-refractivity contribution < 1.29 is 4.79 Å². The molecule has 3 aromatic rings. The van der Waals surface area contributed by atoms with Crippen LogP contribution in [0.15, 0.2) is 29.6 Å². The van der Waals surface area contributed by atoms with E-state index in [1.54, 1.807) is 16.0 Å². The van der Waals surface area contributed by atoms with E-state index in [-0.39, 0.29) is 5.91 Å². The molecule has 5 heterocycles. The normalized spacial score (nSPS) is 17.6. The number of hydrogen-bond acceptors (Lipinski definition) is 8. The van der Waals surface area contributed by atoms with Gasteiger partial charge in [0, 0.05) is 65.5 Å². The van der Waals surface area contributed by atoms with E-state index in [2.05, 4.69) is 37.9 Å². The zero-order chi connectivity index (χ0) is 22.9. The van der Waals surface area contributed by atoms with Crippen LogP contribution in [0, 0.1) is 6.92 Å². The fraction of sp³-hybridized carbons (Fsp3) is 0.478. The number of piperazine rings is 2. The molecule has 9 nitrogen and oxygen atoms in total. The molecule has 5 rings (SSSR count). The summed E-state index contributed by atoms with van der Waals surface area (Å²) in [4.78, 5) is 32.5. The molecule has 174 valence electrons. The highest BCUT2D eigenvalue weighted by Gasteiger charge is 2.26. The van der Waals surface area contributed by atoms with Gasteiger partial charge in [-0.2, -0.15) is 5.10 Å². The Labute approximate surface area is 198 Å². The minimum Gasteiger partial charge on any atom is -0.354 e. The minimum atomic E-state index is 0.0319. The van der Waals surface area contributed by atoms with Gasteiger partial charge in [0.2, 0.25) is 0 Å². The molecule has 0 N–H and O–H groups in total. The van der Waals surface area contributed by atoms with E-state index < -0.39 is 0 Å². The average Bonchev–Trinajstić information content (AvgIpc) is 3.49. The van der Waals surface area contributed by atoms with Crippen LogP contribution in [0.25, 0.3) is 10.6 Å². The van der Waals surface area contributed by atoms with Gasteiger partial charge < -0.3 is 19.6 Å². The number of anilines is 2. The standard InChI is InChI=1S/C23H30N8OS/c1-17-24-21(29-8-6-27(2)7-9-29)16-22(25-17)30-10-12-31(13-11-30)23(32)19-15-18(26-28(19)3)20-5-4-14-33-20/h4-5,14-16H,6-13H2,1-3H3. The molecule has 2 aliphatic rings. The molecule has 2 fully saturated rings. The van der Waals surface area contributed by atoms with Crippen molar-refractivity contribution in [2.75, 3.05) is 69.2 Å². The molecular formula is C23H30N8OS. The third-order valence-corrected chi connectivity index (χ3v) is 7.29. The van der Waals surface area contributed by atoms with Crippen LogP contribution in [0.3, 0.4) is 0 Å². The third kappa shape index (κ3) is 4.58. The van der Waals surface area contributed by atoms with Gasteiger partial charge in [-0.15, -0.1) is 11.3 Å². The maximum Gasteiger partial charge on any atom is 0.272 e. The molecule has 0 aromatic carbocycles. The molecule has 0 atom stereocenters. The summed E-state index contributed by atoms with van der Waals surface area (Å²) in [7, 11) is 3.99. The number of amides is 1. The van der Waals surface area contributed by atoms with Crippen molar-refractivity contribution in [2.24, 2.45) is 7.05 Å². The Morgan fingerprint density at radius 1 is 0.909 bits per heavy atom. The Morgan fingerprint density at radius 2 is 1.55 bits per heavy atom. The van der Waals surface area contributed by atoms with Gasteiger partial charge in [0.05, 0.1) is 4.88 Å². The van der Waals surface area contributed by atoms with Crippen LogP contribution in [0.1, 0.15) is 16.3 Å². The lowest BCUT2D eigenvalue weighted by atomic mass is 10.2. The number of thiophene rings is 1. The Bertz CT molecular complexity index is 1110. The summed E-state index contributed by atoms with van der Waals surface area (Å²) >= 11 is 1.63. The van der Waals surface area contributed by atoms with Crippen LogP contribution >= 0.6 is 11.3 Å². The number of aromatic nitrogens is 4. The van der Waals surface area contributed by atoms with Gasteiger partial charge in [-0.05, 0) is 31.5 Å². The van der Waals surface area contributed by atoms with E-state index >= 15 is 0 Å². The van der Waals surface area contributed by atoms with Crippen molar-refractivity contribution in [2.45, 2.75) is 6.92 Å². The maximum atomic E-state index is 13.2. The number of nitrogens with zero attached hydrogens (tertiary/aromatic N) is 8. The fourth-order valence-electron chi connectivity index (χ4n) is 4.41. The molecule has 0 radical (unpaired) electrons. The second kappa shape index (κ2) is 9.11. The lowest BCUT2D eigenvalue weighted by Gasteiger charge is -2.36. The van der Waals surface area contributed by atoms with E-state index in [1.165, 1.54) is 0 Å². The second-order valence-corrected chi connectivity index (χ2v) is 9.66. The largest absolute Gasteiger partial charge is 0.354 e. The molecule has 2 saturated heterocycles. The van der Waals surface area contributed by atoms with Crippen molar-refractivity contribution in [1.82, 2.24) is 29.5 Å². The van der Waals surface area contributed by atoms with Crippen molar-refractivity contribution in [3.8, 4) is 10.6 Å². The highest BCUT2D eigenvalue weighted by Crippen LogP contribution is 2.25. The van der Waals surface area contributed by atoms with Crippen LogP contribution in [0.2, 0.25) is 0 Å². The molecule has 3 aromatic heterocycles. The SMILES string of the molecule is Cc1nc(N2CCN(C)CC2)cc(N2CCN(C(=O)c3cc(-c4cccs4)nn3C)CC2)n1. The molecule has 0 saturated carbocycles. The summed E-state index contributed by atoms with van der Waals surface area (Å²) in [6.45, 7) is 8.81. The van der Waals surface area contributed by atoms with E-state index in [4.69, 9.17) is 4.98 Å². The van der Waals surface area contributed by atoms with Crippen LogP contribution < -0.4 is 9.80 Å². The number of carbonyl (C=O) groups is 1. The summed E-state index contributed by atoms with van der Waals surface area (Å²) in [6.07, 6.45) is 0. The number of likely N-dealkylation sites (N-methyl/N-ethyl adjacent to an activating group) is 1.